The van der Waals surface area contributed by atoms with Crippen LogP contribution >= 0.6 is 23.2 Å². The molecule has 8 heteroatoms. The van der Waals surface area contributed by atoms with E-state index in [1.54, 1.807) is 24.3 Å². The first-order valence-corrected chi connectivity index (χ1v) is 11.8. The minimum absolute atomic E-state index is 0.0704. The highest BCUT2D eigenvalue weighted by atomic mass is 35.5. The molecule has 0 aliphatic carbocycles. The van der Waals surface area contributed by atoms with Crippen LogP contribution in [0.1, 0.15) is 16.7 Å². The molecule has 0 aromatic heterocycles. The molecule has 1 N–H and O–H groups in total. The van der Waals surface area contributed by atoms with E-state index in [-0.39, 0.29) is 24.5 Å². The molecule has 0 saturated heterocycles. The molecule has 3 rings (SSSR count). The molecule has 0 aliphatic rings. The summed E-state index contributed by atoms with van der Waals surface area (Å²) in [6.07, 6.45) is 0. The summed E-state index contributed by atoms with van der Waals surface area (Å²) in [5.41, 5.74) is 2.67. The average molecular weight is 477 g/mol. The first-order chi connectivity index (χ1) is 14.7. The number of rotatable bonds is 8. The maximum absolute atomic E-state index is 13.3. The molecular weight excluding hydrogens is 455 g/mol. The van der Waals surface area contributed by atoms with Gasteiger partial charge in [0.2, 0.25) is 15.9 Å². The van der Waals surface area contributed by atoms with Gasteiger partial charge in [0.05, 0.1) is 11.4 Å². The second-order valence-corrected chi connectivity index (χ2v) is 9.93. The van der Waals surface area contributed by atoms with Crippen molar-refractivity contribution in [2.45, 2.75) is 24.9 Å². The molecule has 162 valence electrons. The molecule has 3 aromatic carbocycles. The fourth-order valence-corrected chi connectivity index (χ4v) is 4.65. The second-order valence-electron chi connectivity index (χ2n) is 7.12. The van der Waals surface area contributed by atoms with Gasteiger partial charge in [0.25, 0.3) is 0 Å². The fourth-order valence-electron chi connectivity index (χ4n) is 3.01. The zero-order valence-corrected chi connectivity index (χ0v) is 19.2. The number of hydrogen-bond acceptors (Lipinski definition) is 3. The van der Waals surface area contributed by atoms with Crippen LogP contribution in [-0.4, -0.2) is 25.2 Å². The Balaban J connectivity index is 1.80. The van der Waals surface area contributed by atoms with Gasteiger partial charge in [-0.1, -0.05) is 65.2 Å². The van der Waals surface area contributed by atoms with Gasteiger partial charge in [-0.05, 0) is 54.4 Å². The third kappa shape index (κ3) is 6.55. The van der Waals surface area contributed by atoms with Crippen LogP contribution in [0, 0.1) is 6.92 Å². The number of hydrogen-bond donors (Lipinski definition) is 1. The lowest BCUT2D eigenvalue weighted by atomic mass is 10.1. The molecule has 31 heavy (non-hydrogen) atoms. The van der Waals surface area contributed by atoms with Crippen LogP contribution in [0.2, 0.25) is 10.0 Å². The van der Waals surface area contributed by atoms with Crippen molar-refractivity contribution in [1.29, 1.82) is 0 Å². The third-order valence-electron chi connectivity index (χ3n) is 4.62. The number of sulfonamides is 1. The van der Waals surface area contributed by atoms with Crippen LogP contribution in [0.25, 0.3) is 0 Å². The van der Waals surface area contributed by atoms with Crippen molar-refractivity contribution < 1.29 is 13.2 Å². The van der Waals surface area contributed by atoms with E-state index >= 15 is 0 Å². The molecule has 0 radical (unpaired) electrons. The lowest BCUT2D eigenvalue weighted by Crippen LogP contribution is -2.40. The van der Waals surface area contributed by atoms with Crippen LogP contribution in [0.3, 0.4) is 0 Å². The Morgan fingerprint density at radius 1 is 0.903 bits per heavy atom. The highest BCUT2D eigenvalue weighted by Crippen LogP contribution is 2.21. The van der Waals surface area contributed by atoms with Gasteiger partial charge in [0.1, 0.15) is 0 Å². The first kappa shape index (κ1) is 23.3. The normalized spacial score (nSPS) is 11.5. The number of carbonyl (C=O) groups excluding carboxylic acids is 1. The molecule has 0 fully saturated rings. The van der Waals surface area contributed by atoms with Crippen molar-refractivity contribution in [3.8, 4) is 0 Å². The summed E-state index contributed by atoms with van der Waals surface area (Å²) in [6, 6.07) is 20.5. The Bertz CT molecular complexity index is 1150. The van der Waals surface area contributed by atoms with E-state index in [1.807, 2.05) is 31.2 Å². The average Bonchev–Trinajstić information content (AvgIpc) is 2.73. The van der Waals surface area contributed by atoms with Crippen molar-refractivity contribution >= 4 is 39.1 Å². The highest BCUT2D eigenvalue weighted by molar-refractivity contribution is 7.89. The summed E-state index contributed by atoms with van der Waals surface area (Å²) in [4.78, 5) is 12.7. The van der Waals surface area contributed by atoms with Gasteiger partial charge in [0.15, 0.2) is 0 Å². The molecule has 0 atom stereocenters. The zero-order chi connectivity index (χ0) is 22.4. The molecule has 1 amide bonds. The molecule has 0 spiro atoms. The van der Waals surface area contributed by atoms with E-state index in [0.717, 1.165) is 16.7 Å². The van der Waals surface area contributed by atoms with Crippen LogP contribution in [0.4, 0.5) is 0 Å². The third-order valence-corrected chi connectivity index (χ3v) is 6.93. The largest absolute Gasteiger partial charge is 0.351 e. The summed E-state index contributed by atoms with van der Waals surface area (Å²) < 4.78 is 27.7. The van der Waals surface area contributed by atoms with E-state index in [4.69, 9.17) is 23.2 Å². The Morgan fingerprint density at radius 3 is 2.13 bits per heavy atom. The number of aryl methyl sites for hydroxylation is 1. The predicted molar refractivity (Wildman–Crippen MR) is 124 cm³/mol. The van der Waals surface area contributed by atoms with Crippen molar-refractivity contribution in [2.75, 3.05) is 6.54 Å². The number of amides is 1. The Hall–Kier alpha value is -2.38. The SMILES string of the molecule is Cc1cccc(CN(CC(=O)NCc2ccc(Cl)cc2)S(=O)(=O)c2ccc(Cl)cc2)c1. The summed E-state index contributed by atoms with van der Waals surface area (Å²) in [7, 11) is -3.92. The van der Waals surface area contributed by atoms with Crippen LogP contribution < -0.4 is 5.32 Å². The van der Waals surface area contributed by atoms with Crippen LogP contribution in [0.15, 0.2) is 77.7 Å². The van der Waals surface area contributed by atoms with Gasteiger partial charge >= 0.3 is 0 Å². The fraction of sp³-hybridized carbons (Fsp3) is 0.174. The van der Waals surface area contributed by atoms with Gasteiger partial charge < -0.3 is 5.32 Å². The van der Waals surface area contributed by atoms with E-state index in [0.29, 0.717) is 10.0 Å². The summed E-state index contributed by atoms with van der Waals surface area (Å²) >= 11 is 11.8. The maximum atomic E-state index is 13.3. The summed E-state index contributed by atoms with van der Waals surface area (Å²) in [5.74, 6) is -0.403. The predicted octanol–water partition coefficient (Wildman–Crippen LogP) is 4.81. The molecule has 3 aromatic rings. The van der Waals surface area contributed by atoms with Crippen LogP contribution in [0.5, 0.6) is 0 Å². The minimum Gasteiger partial charge on any atom is -0.351 e. The van der Waals surface area contributed by atoms with Crippen LogP contribution in [-0.2, 0) is 27.9 Å². The highest BCUT2D eigenvalue weighted by Gasteiger charge is 2.27. The van der Waals surface area contributed by atoms with E-state index in [9.17, 15) is 13.2 Å². The van der Waals surface area contributed by atoms with Crippen molar-refractivity contribution in [3.63, 3.8) is 0 Å². The quantitative estimate of drug-likeness (QED) is 0.507. The van der Waals surface area contributed by atoms with Crippen molar-refractivity contribution in [1.82, 2.24) is 9.62 Å². The van der Waals surface area contributed by atoms with E-state index in [1.165, 1.54) is 28.6 Å². The molecule has 0 heterocycles. The molecular formula is C23H22Cl2N2O3S. The molecule has 0 aliphatic heterocycles. The van der Waals surface area contributed by atoms with Crippen molar-refractivity contribution in [3.05, 3.63) is 99.5 Å². The summed E-state index contributed by atoms with van der Waals surface area (Å²) in [5, 5.41) is 3.81. The lowest BCUT2D eigenvalue weighted by Gasteiger charge is -2.22. The minimum atomic E-state index is -3.92. The zero-order valence-electron chi connectivity index (χ0n) is 16.9. The van der Waals surface area contributed by atoms with Gasteiger partial charge in [-0.25, -0.2) is 8.42 Å². The number of benzene rings is 3. The van der Waals surface area contributed by atoms with E-state index < -0.39 is 15.9 Å². The first-order valence-electron chi connectivity index (χ1n) is 9.56. The van der Waals surface area contributed by atoms with Gasteiger partial charge in [-0.2, -0.15) is 4.31 Å². The Morgan fingerprint density at radius 2 is 1.52 bits per heavy atom. The Labute approximate surface area is 192 Å². The Kier molecular flexibility index (Phi) is 7.73. The number of nitrogens with zero attached hydrogens (tertiary/aromatic N) is 1. The standard InChI is InChI=1S/C23H22Cl2N2O3S/c1-17-3-2-4-19(13-17)15-27(31(29,30)22-11-9-21(25)10-12-22)16-23(28)26-14-18-5-7-20(24)8-6-18/h2-13H,14-16H2,1H3,(H,26,28). The lowest BCUT2D eigenvalue weighted by molar-refractivity contribution is -0.121. The van der Waals surface area contributed by atoms with Gasteiger partial charge in [0, 0.05) is 23.1 Å². The van der Waals surface area contributed by atoms with Crippen molar-refractivity contribution in [2.24, 2.45) is 0 Å². The number of nitrogens with one attached hydrogen (secondary N) is 1. The number of halogens is 2. The maximum Gasteiger partial charge on any atom is 0.243 e. The molecule has 0 saturated carbocycles. The molecule has 5 nitrogen and oxygen atoms in total. The second kappa shape index (κ2) is 10.3. The molecule has 0 bridgehead atoms. The summed E-state index contributed by atoms with van der Waals surface area (Å²) in [6.45, 7) is 1.96. The molecule has 0 unspecified atom stereocenters. The topological polar surface area (TPSA) is 66.5 Å². The van der Waals surface area contributed by atoms with Gasteiger partial charge in [-0.3, -0.25) is 4.79 Å². The number of carbonyl (C=O) groups is 1. The smallest absolute Gasteiger partial charge is 0.243 e. The van der Waals surface area contributed by atoms with E-state index in [2.05, 4.69) is 5.32 Å². The monoisotopic (exact) mass is 476 g/mol. The van der Waals surface area contributed by atoms with Gasteiger partial charge in [-0.15, -0.1) is 0 Å².